The normalized spacial score (nSPS) is 11.3. The van der Waals surface area contributed by atoms with Crippen molar-refractivity contribution >= 4 is 47.2 Å². The van der Waals surface area contributed by atoms with E-state index < -0.39 is 6.10 Å². The highest BCUT2D eigenvalue weighted by Gasteiger charge is 2.13. The SMILES string of the molecule is Cl.O=C(CNc1ccccc1)NCC(O)c1ccc(Cl)cc1Cl. The number of halogens is 3. The smallest absolute Gasteiger partial charge is 0.239 e. The highest BCUT2D eigenvalue weighted by molar-refractivity contribution is 6.35. The molecule has 1 unspecified atom stereocenters. The number of anilines is 1. The topological polar surface area (TPSA) is 61.4 Å². The van der Waals surface area contributed by atoms with Gasteiger partial charge in [-0.15, -0.1) is 12.4 Å². The zero-order chi connectivity index (χ0) is 15.9. The summed E-state index contributed by atoms with van der Waals surface area (Å²) in [4.78, 5) is 11.8. The standard InChI is InChI=1S/C16H16Cl2N2O2.ClH/c17-11-6-7-13(14(18)8-11)15(21)9-20-16(22)10-19-12-4-2-1-3-5-12;/h1-8,15,19,21H,9-10H2,(H,20,22);1H. The van der Waals surface area contributed by atoms with E-state index in [9.17, 15) is 9.90 Å². The molecular formula is C16H17Cl3N2O2. The molecule has 0 aromatic heterocycles. The van der Waals surface area contributed by atoms with Crippen molar-refractivity contribution in [2.45, 2.75) is 6.10 Å². The van der Waals surface area contributed by atoms with Crippen LogP contribution in [-0.2, 0) is 4.79 Å². The van der Waals surface area contributed by atoms with E-state index in [1.54, 1.807) is 18.2 Å². The van der Waals surface area contributed by atoms with Gasteiger partial charge >= 0.3 is 0 Å². The number of carbonyl (C=O) groups is 1. The number of carbonyl (C=O) groups excluding carboxylic acids is 1. The van der Waals surface area contributed by atoms with Gasteiger partial charge in [-0.25, -0.2) is 0 Å². The Morgan fingerprint density at radius 3 is 2.48 bits per heavy atom. The molecule has 2 aromatic carbocycles. The van der Waals surface area contributed by atoms with Gasteiger partial charge in [-0.3, -0.25) is 4.79 Å². The molecule has 0 bridgehead atoms. The summed E-state index contributed by atoms with van der Waals surface area (Å²) in [6.07, 6.45) is -0.884. The summed E-state index contributed by atoms with van der Waals surface area (Å²) in [6, 6.07) is 14.2. The third-order valence-electron chi connectivity index (χ3n) is 3.04. The zero-order valence-corrected chi connectivity index (χ0v) is 14.5. The van der Waals surface area contributed by atoms with Crippen molar-refractivity contribution in [3.63, 3.8) is 0 Å². The fraction of sp³-hybridized carbons (Fsp3) is 0.188. The van der Waals surface area contributed by atoms with Crippen molar-refractivity contribution in [3.8, 4) is 0 Å². The molecule has 0 aliphatic rings. The molecule has 3 N–H and O–H groups in total. The summed E-state index contributed by atoms with van der Waals surface area (Å²) < 4.78 is 0. The van der Waals surface area contributed by atoms with Gasteiger partial charge in [0.05, 0.1) is 12.6 Å². The van der Waals surface area contributed by atoms with Gasteiger partial charge in [0.15, 0.2) is 0 Å². The van der Waals surface area contributed by atoms with E-state index >= 15 is 0 Å². The minimum Gasteiger partial charge on any atom is -0.387 e. The number of nitrogens with one attached hydrogen (secondary N) is 2. The van der Waals surface area contributed by atoms with Gasteiger partial charge in [0.25, 0.3) is 0 Å². The van der Waals surface area contributed by atoms with Crippen molar-refractivity contribution in [1.29, 1.82) is 0 Å². The first kappa shape index (κ1) is 19.6. The predicted octanol–water partition coefficient (Wildman–Crippen LogP) is 3.68. The average molecular weight is 376 g/mol. The molecule has 0 spiro atoms. The van der Waals surface area contributed by atoms with Gasteiger partial charge in [-0.2, -0.15) is 0 Å². The molecule has 0 aliphatic heterocycles. The van der Waals surface area contributed by atoms with Crippen LogP contribution in [0.4, 0.5) is 5.69 Å². The number of benzene rings is 2. The summed E-state index contributed by atoms with van der Waals surface area (Å²) in [5.41, 5.74) is 1.39. The summed E-state index contributed by atoms with van der Waals surface area (Å²) >= 11 is 11.8. The van der Waals surface area contributed by atoms with Gasteiger partial charge in [0.1, 0.15) is 0 Å². The van der Waals surface area contributed by atoms with Crippen LogP contribution in [0.2, 0.25) is 10.0 Å². The number of amides is 1. The molecule has 0 fully saturated rings. The quantitative estimate of drug-likeness (QED) is 0.722. The van der Waals surface area contributed by atoms with Crippen molar-refractivity contribution in [2.75, 3.05) is 18.4 Å². The third-order valence-corrected chi connectivity index (χ3v) is 3.60. The molecular weight excluding hydrogens is 359 g/mol. The van der Waals surface area contributed by atoms with Crippen LogP contribution in [0, 0.1) is 0 Å². The van der Waals surface area contributed by atoms with Crippen LogP contribution < -0.4 is 10.6 Å². The van der Waals surface area contributed by atoms with Gasteiger partial charge < -0.3 is 15.7 Å². The van der Waals surface area contributed by atoms with E-state index in [1.165, 1.54) is 0 Å². The first-order chi connectivity index (χ1) is 10.6. The maximum atomic E-state index is 11.8. The summed E-state index contributed by atoms with van der Waals surface area (Å²) in [5.74, 6) is -0.215. The first-order valence-electron chi connectivity index (χ1n) is 6.75. The van der Waals surface area contributed by atoms with E-state index in [1.807, 2.05) is 30.3 Å². The molecule has 124 valence electrons. The fourth-order valence-electron chi connectivity index (χ4n) is 1.89. The molecule has 2 rings (SSSR count). The highest BCUT2D eigenvalue weighted by Crippen LogP contribution is 2.25. The van der Waals surface area contributed by atoms with Crippen LogP contribution >= 0.6 is 35.6 Å². The maximum Gasteiger partial charge on any atom is 0.239 e. The Hall–Kier alpha value is -1.46. The number of aliphatic hydroxyl groups is 1. The van der Waals surface area contributed by atoms with E-state index in [0.29, 0.717) is 15.6 Å². The van der Waals surface area contributed by atoms with E-state index in [4.69, 9.17) is 23.2 Å². The van der Waals surface area contributed by atoms with Crippen LogP contribution in [0.1, 0.15) is 11.7 Å². The lowest BCUT2D eigenvalue weighted by atomic mass is 10.1. The Labute approximate surface area is 151 Å². The Morgan fingerprint density at radius 1 is 1.13 bits per heavy atom. The molecule has 2 aromatic rings. The number of rotatable bonds is 6. The summed E-state index contributed by atoms with van der Waals surface area (Å²) in [6.45, 7) is 0.210. The Morgan fingerprint density at radius 2 is 1.83 bits per heavy atom. The number of aliphatic hydroxyl groups excluding tert-OH is 1. The molecule has 0 saturated heterocycles. The Kier molecular flexibility index (Phi) is 8.20. The molecule has 0 saturated carbocycles. The van der Waals surface area contributed by atoms with Crippen molar-refractivity contribution < 1.29 is 9.90 Å². The zero-order valence-electron chi connectivity index (χ0n) is 12.1. The highest BCUT2D eigenvalue weighted by atomic mass is 35.5. The van der Waals surface area contributed by atoms with Crippen molar-refractivity contribution in [3.05, 3.63) is 64.1 Å². The monoisotopic (exact) mass is 374 g/mol. The van der Waals surface area contributed by atoms with Crippen molar-refractivity contribution in [2.24, 2.45) is 0 Å². The second-order valence-electron chi connectivity index (χ2n) is 4.71. The van der Waals surface area contributed by atoms with Gasteiger partial charge in [0.2, 0.25) is 5.91 Å². The Bertz CT molecular complexity index is 638. The van der Waals surface area contributed by atoms with E-state index in [0.717, 1.165) is 5.69 Å². The minimum absolute atomic E-state index is 0. The Balaban J connectivity index is 0.00000264. The predicted molar refractivity (Wildman–Crippen MR) is 96.6 cm³/mol. The van der Waals surface area contributed by atoms with Crippen molar-refractivity contribution in [1.82, 2.24) is 5.32 Å². The fourth-order valence-corrected chi connectivity index (χ4v) is 2.43. The molecule has 1 amide bonds. The lowest BCUT2D eigenvalue weighted by Crippen LogP contribution is -2.33. The summed E-state index contributed by atoms with van der Waals surface area (Å²) in [7, 11) is 0. The molecule has 23 heavy (non-hydrogen) atoms. The number of para-hydroxylation sites is 1. The largest absolute Gasteiger partial charge is 0.387 e. The third kappa shape index (κ3) is 6.28. The molecule has 0 radical (unpaired) electrons. The summed E-state index contributed by atoms with van der Waals surface area (Å²) in [5, 5.41) is 16.6. The maximum absolute atomic E-state index is 11.8. The molecule has 0 heterocycles. The van der Waals surface area contributed by atoms with E-state index in [2.05, 4.69) is 10.6 Å². The average Bonchev–Trinajstić information content (AvgIpc) is 2.51. The van der Waals surface area contributed by atoms with E-state index in [-0.39, 0.29) is 31.4 Å². The van der Waals surface area contributed by atoms with Gasteiger partial charge in [0, 0.05) is 27.8 Å². The van der Waals surface area contributed by atoms with Gasteiger partial charge in [-0.1, -0.05) is 47.5 Å². The molecule has 4 nitrogen and oxygen atoms in total. The van der Waals surface area contributed by atoms with Crippen LogP contribution in [-0.4, -0.2) is 24.1 Å². The molecule has 1 atom stereocenters. The first-order valence-corrected chi connectivity index (χ1v) is 7.50. The van der Waals surface area contributed by atoms with Crippen LogP contribution in [0.15, 0.2) is 48.5 Å². The second kappa shape index (κ2) is 9.63. The van der Waals surface area contributed by atoms with Gasteiger partial charge in [-0.05, 0) is 24.3 Å². The van der Waals surface area contributed by atoms with Crippen LogP contribution in [0.5, 0.6) is 0 Å². The van der Waals surface area contributed by atoms with Crippen LogP contribution in [0.3, 0.4) is 0 Å². The molecule has 0 aliphatic carbocycles. The molecule has 7 heteroatoms. The lowest BCUT2D eigenvalue weighted by molar-refractivity contribution is -0.119. The minimum atomic E-state index is -0.884. The second-order valence-corrected chi connectivity index (χ2v) is 5.55. The van der Waals surface area contributed by atoms with Crippen LogP contribution in [0.25, 0.3) is 0 Å². The number of hydrogen-bond donors (Lipinski definition) is 3. The number of hydrogen-bond acceptors (Lipinski definition) is 3. The lowest BCUT2D eigenvalue weighted by Gasteiger charge is -2.14.